The molecule has 0 saturated carbocycles. The van der Waals surface area contributed by atoms with Gasteiger partial charge in [0, 0.05) is 6.54 Å². The second-order valence-corrected chi connectivity index (χ2v) is 3.17. The topological polar surface area (TPSA) is 73.6 Å². The molecule has 0 bridgehead atoms. The summed E-state index contributed by atoms with van der Waals surface area (Å²) in [5, 5.41) is 2.68. The third-order valence-corrected chi connectivity index (χ3v) is 2.11. The minimum atomic E-state index is -0.173. The van der Waals surface area contributed by atoms with Gasteiger partial charge in [-0.2, -0.15) is 0 Å². The fraction of sp³-hybridized carbons (Fsp3) is 0.300. The summed E-state index contributed by atoms with van der Waals surface area (Å²) in [6.45, 7) is 0.713. The summed E-state index contributed by atoms with van der Waals surface area (Å²) in [4.78, 5) is 10.9. The van der Waals surface area contributed by atoms with Crippen LogP contribution in [0.25, 0.3) is 0 Å². The molecule has 1 aliphatic rings. The van der Waals surface area contributed by atoms with Crippen LogP contribution in [0.4, 0.5) is 0 Å². The Balaban J connectivity index is 0.00000128. The maximum atomic E-state index is 10.9. The highest BCUT2D eigenvalue weighted by Crippen LogP contribution is 2.32. The van der Waals surface area contributed by atoms with Crippen LogP contribution in [0.5, 0.6) is 11.5 Å². The summed E-state index contributed by atoms with van der Waals surface area (Å²) in [5.74, 6) is 1.28. The summed E-state index contributed by atoms with van der Waals surface area (Å²) in [6, 6.07) is 5.55. The summed E-state index contributed by atoms with van der Waals surface area (Å²) in [5.41, 5.74) is 6.13. The molecule has 0 saturated heterocycles. The zero-order valence-corrected chi connectivity index (χ0v) is 9.38. The number of benzene rings is 1. The second kappa shape index (κ2) is 5.58. The number of amides is 1. The molecule has 2 rings (SSSR count). The number of hydrogen-bond acceptors (Lipinski definition) is 4. The predicted octanol–water partition coefficient (Wildman–Crippen LogP) is 0.412. The zero-order chi connectivity index (χ0) is 10.7. The SMILES string of the molecule is Cl.NCC(=O)NCc1ccc2c(c1)OCO2. The van der Waals surface area contributed by atoms with Crippen LogP contribution in [-0.2, 0) is 11.3 Å². The van der Waals surface area contributed by atoms with Crippen molar-refractivity contribution >= 4 is 18.3 Å². The van der Waals surface area contributed by atoms with Gasteiger partial charge >= 0.3 is 0 Å². The van der Waals surface area contributed by atoms with E-state index in [1.165, 1.54) is 0 Å². The van der Waals surface area contributed by atoms with Gasteiger partial charge in [-0.25, -0.2) is 0 Å². The van der Waals surface area contributed by atoms with E-state index >= 15 is 0 Å². The maximum absolute atomic E-state index is 10.9. The van der Waals surface area contributed by atoms with Gasteiger partial charge in [-0.15, -0.1) is 12.4 Å². The van der Waals surface area contributed by atoms with E-state index in [1.807, 2.05) is 18.2 Å². The van der Waals surface area contributed by atoms with Crippen LogP contribution in [0.1, 0.15) is 5.56 Å². The van der Waals surface area contributed by atoms with E-state index in [1.54, 1.807) is 0 Å². The molecule has 0 aliphatic carbocycles. The summed E-state index contributed by atoms with van der Waals surface area (Å²) in [6.07, 6.45) is 0. The Bertz CT molecular complexity index is 384. The van der Waals surface area contributed by atoms with E-state index in [2.05, 4.69) is 5.32 Å². The molecule has 1 aromatic rings. The number of ether oxygens (including phenoxy) is 2. The van der Waals surface area contributed by atoms with Gasteiger partial charge in [-0.1, -0.05) is 6.07 Å². The molecule has 0 spiro atoms. The number of carbonyl (C=O) groups excluding carboxylic acids is 1. The lowest BCUT2D eigenvalue weighted by Gasteiger charge is -2.04. The van der Waals surface area contributed by atoms with Gasteiger partial charge < -0.3 is 20.5 Å². The molecule has 3 N–H and O–H groups in total. The first-order valence-electron chi connectivity index (χ1n) is 4.65. The average molecular weight is 245 g/mol. The molecule has 88 valence electrons. The Morgan fingerprint density at radius 3 is 2.88 bits per heavy atom. The molecule has 0 aromatic heterocycles. The number of hydrogen-bond donors (Lipinski definition) is 2. The van der Waals surface area contributed by atoms with Gasteiger partial charge in [-0.3, -0.25) is 4.79 Å². The Kier molecular flexibility index (Phi) is 4.39. The van der Waals surface area contributed by atoms with Crippen molar-refractivity contribution in [2.24, 2.45) is 5.73 Å². The highest BCUT2D eigenvalue weighted by molar-refractivity contribution is 5.85. The van der Waals surface area contributed by atoms with Gasteiger partial charge in [0.05, 0.1) is 6.54 Å². The first-order valence-corrected chi connectivity index (χ1v) is 4.65. The van der Waals surface area contributed by atoms with Crippen molar-refractivity contribution in [1.29, 1.82) is 0 Å². The fourth-order valence-corrected chi connectivity index (χ4v) is 1.32. The summed E-state index contributed by atoms with van der Waals surface area (Å²) < 4.78 is 10.4. The van der Waals surface area contributed by atoms with Crippen LogP contribution < -0.4 is 20.5 Å². The van der Waals surface area contributed by atoms with Crippen molar-refractivity contribution in [1.82, 2.24) is 5.32 Å². The Hall–Kier alpha value is -1.46. The van der Waals surface area contributed by atoms with Gasteiger partial charge in [0.2, 0.25) is 12.7 Å². The molecule has 0 atom stereocenters. The standard InChI is InChI=1S/C10H12N2O3.ClH/c11-4-10(13)12-5-7-1-2-8-9(3-7)15-6-14-8;/h1-3H,4-6,11H2,(H,12,13);1H. The van der Waals surface area contributed by atoms with E-state index in [4.69, 9.17) is 15.2 Å². The average Bonchev–Trinajstić information content (AvgIpc) is 2.72. The molecule has 1 heterocycles. The van der Waals surface area contributed by atoms with Crippen LogP contribution >= 0.6 is 12.4 Å². The van der Waals surface area contributed by atoms with E-state index in [0.29, 0.717) is 6.54 Å². The van der Waals surface area contributed by atoms with Crippen LogP contribution in [0.15, 0.2) is 18.2 Å². The molecular formula is C10H13ClN2O3. The van der Waals surface area contributed by atoms with Crippen molar-refractivity contribution in [3.8, 4) is 11.5 Å². The lowest BCUT2D eigenvalue weighted by atomic mass is 10.2. The second-order valence-electron chi connectivity index (χ2n) is 3.17. The van der Waals surface area contributed by atoms with Gasteiger partial charge in [-0.05, 0) is 17.7 Å². The van der Waals surface area contributed by atoms with Gasteiger partial charge in [0.15, 0.2) is 11.5 Å². The molecule has 1 aliphatic heterocycles. The minimum Gasteiger partial charge on any atom is -0.454 e. The van der Waals surface area contributed by atoms with Crippen molar-refractivity contribution in [3.63, 3.8) is 0 Å². The fourth-order valence-electron chi connectivity index (χ4n) is 1.32. The predicted molar refractivity (Wildman–Crippen MR) is 60.7 cm³/mol. The molecule has 0 unspecified atom stereocenters. The summed E-state index contributed by atoms with van der Waals surface area (Å²) in [7, 11) is 0. The lowest BCUT2D eigenvalue weighted by Crippen LogP contribution is -2.29. The largest absolute Gasteiger partial charge is 0.454 e. The minimum absolute atomic E-state index is 0. The number of fused-ring (bicyclic) bond motifs is 1. The van der Waals surface area contributed by atoms with Crippen LogP contribution in [0.3, 0.4) is 0 Å². The first-order chi connectivity index (χ1) is 7.29. The monoisotopic (exact) mass is 244 g/mol. The normalized spacial score (nSPS) is 11.8. The van der Waals surface area contributed by atoms with Crippen molar-refractivity contribution in [3.05, 3.63) is 23.8 Å². The molecule has 1 aromatic carbocycles. The quantitative estimate of drug-likeness (QED) is 0.808. The smallest absolute Gasteiger partial charge is 0.234 e. The lowest BCUT2D eigenvalue weighted by molar-refractivity contribution is -0.119. The molecule has 5 nitrogen and oxygen atoms in total. The summed E-state index contributed by atoms with van der Waals surface area (Å²) >= 11 is 0. The van der Waals surface area contributed by atoms with Crippen molar-refractivity contribution in [2.75, 3.05) is 13.3 Å². The Morgan fingerprint density at radius 2 is 2.12 bits per heavy atom. The van der Waals surface area contributed by atoms with E-state index < -0.39 is 0 Å². The molecule has 16 heavy (non-hydrogen) atoms. The zero-order valence-electron chi connectivity index (χ0n) is 8.56. The highest BCUT2D eigenvalue weighted by atomic mass is 35.5. The van der Waals surface area contributed by atoms with Gasteiger partial charge in [0.25, 0.3) is 0 Å². The number of nitrogens with two attached hydrogens (primary N) is 1. The molecule has 0 radical (unpaired) electrons. The van der Waals surface area contributed by atoms with Crippen molar-refractivity contribution < 1.29 is 14.3 Å². The number of nitrogens with one attached hydrogen (secondary N) is 1. The molecule has 0 fully saturated rings. The third kappa shape index (κ3) is 2.77. The number of rotatable bonds is 3. The molecule has 6 heteroatoms. The molecule has 1 amide bonds. The van der Waals surface area contributed by atoms with Crippen molar-refractivity contribution in [2.45, 2.75) is 6.54 Å². The van der Waals surface area contributed by atoms with Gasteiger partial charge in [0.1, 0.15) is 0 Å². The van der Waals surface area contributed by atoms with Crippen LogP contribution in [0.2, 0.25) is 0 Å². The Morgan fingerprint density at radius 1 is 1.38 bits per heavy atom. The van der Waals surface area contributed by atoms with Crippen LogP contribution in [0, 0.1) is 0 Å². The first kappa shape index (κ1) is 12.6. The number of carbonyl (C=O) groups is 1. The van der Waals surface area contributed by atoms with E-state index in [0.717, 1.165) is 17.1 Å². The third-order valence-electron chi connectivity index (χ3n) is 2.11. The van der Waals surface area contributed by atoms with E-state index in [-0.39, 0.29) is 31.7 Å². The van der Waals surface area contributed by atoms with Crippen LogP contribution in [-0.4, -0.2) is 19.2 Å². The Labute approximate surface area is 99.3 Å². The highest BCUT2D eigenvalue weighted by Gasteiger charge is 2.12. The number of halogens is 1. The maximum Gasteiger partial charge on any atom is 0.234 e. The molecular weight excluding hydrogens is 232 g/mol. The van der Waals surface area contributed by atoms with E-state index in [9.17, 15) is 4.79 Å².